The highest BCUT2D eigenvalue weighted by Crippen LogP contribution is 2.46. The summed E-state index contributed by atoms with van der Waals surface area (Å²) in [7, 11) is 0. The molecule has 9 nitrogen and oxygen atoms in total. The standard InChI is InChI=1S/C26H26ClN7O2/c1-26(15-7-8-19(35)16(27)12-15)20-21(28)31-22(32-23(20)33-25(26)36)18-13-34-10-9-29-24(34)17(30-18)11-14-5-3-2-4-6-14/h7-10,12-14,35H,2-6,11H2,1H3,(H3,28,31,32,33,36)/t26-/m1/s1. The van der Waals surface area contributed by atoms with Crippen LogP contribution in [0.5, 0.6) is 5.75 Å². The van der Waals surface area contributed by atoms with Crippen LogP contribution in [0.2, 0.25) is 5.02 Å². The van der Waals surface area contributed by atoms with Crippen LogP contribution < -0.4 is 11.1 Å². The maximum absolute atomic E-state index is 13.2. The Hall–Kier alpha value is -3.72. The number of anilines is 2. The number of rotatable bonds is 4. The van der Waals surface area contributed by atoms with Crippen LogP contribution in [-0.4, -0.2) is 35.4 Å². The molecule has 0 spiro atoms. The van der Waals surface area contributed by atoms with Crippen LogP contribution in [0.4, 0.5) is 11.6 Å². The van der Waals surface area contributed by atoms with Gasteiger partial charge in [-0.05, 0) is 37.0 Å². The van der Waals surface area contributed by atoms with Crippen molar-refractivity contribution in [1.29, 1.82) is 0 Å². The zero-order chi connectivity index (χ0) is 25.0. The number of carbonyl (C=O) groups is 1. The number of fused-ring (bicyclic) bond motifs is 2. The van der Waals surface area contributed by atoms with Crippen molar-refractivity contribution >= 4 is 34.8 Å². The lowest BCUT2D eigenvalue weighted by Gasteiger charge is -2.24. The number of nitrogens with one attached hydrogen (secondary N) is 1. The van der Waals surface area contributed by atoms with Gasteiger partial charge in [0.05, 0.1) is 16.3 Å². The lowest BCUT2D eigenvalue weighted by molar-refractivity contribution is -0.119. The lowest BCUT2D eigenvalue weighted by Crippen LogP contribution is -2.33. The molecule has 4 aromatic rings. The summed E-state index contributed by atoms with van der Waals surface area (Å²) in [5, 5.41) is 12.8. The Labute approximate surface area is 212 Å². The second-order valence-corrected chi connectivity index (χ2v) is 10.2. The zero-order valence-corrected chi connectivity index (χ0v) is 20.6. The van der Waals surface area contributed by atoms with E-state index in [1.165, 1.54) is 38.2 Å². The fraction of sp³-hybridized carbons (Fsp3) is 0.346. The third-order valence-electron chi connectivity index (χ3n) is 7.53. The number of aromatic nitrogens is 5. The van der Waals surface area contributed by atoms with Gasteiger partial charge in [-0.25, -0.2) is 19.9 Å². The Morgan fingerprint density at radius 1 is 1.22 bits per heavy atom. The Morgan fingerprint density at radius 3 is 2.81 bits per heavy atom. The maximum atomic E-state index is 13.2. The summed E-state index contributed by atoms with van der Waals surface area (Å²) < 4.78 is 1.94. The molecule has 4 N–H and O–H groups in total. The van der Waals surface area contributed by atoms with E-state index in [-0.39, 0.29) is 22.5 Å². The zero-order valence-electron chi connectivity index (χ0n) is 19.8. The molecule has 1 aliphatic heterocycles. The van der Waals surface area contributed by atoms with Gasteiger partial charge in [0.25, 0.3) is 0 Å². The third-order valence-corrected chi connectivity index (χ3v) is 7.83. The number of nitrogens with zero attached hydrogens (tertiary/aromatic N) is 5. The van der Waals surface area contributed by atoms with Gasteiger partial charge in [0, 0.05) is 18.6 Å². The lowest BCUT2D eigenvalue weighted by atomic mass is 9.77. The van der Waals surface area contributed by atoms with Gasteiger partial charge in [-0.1, -0.05) is 49.8 Å². The summed E-state index contributed by atoms with van der Waals surface area (Å²) in [6, 6.07) is 4.66. The fourth-order valence-corrected chi connectivity index (χ4v) is 5.70. The number of nitrogens with two attached hydrogens (primary N) is 1. The number of imidazole rings is 1. The van der Waals surface area contributed by atoms with Crippen LogP contribution in [0, 0.1) is 5.92 Å². The fourth-order valence-electron chi connectivity index (χ4n) is 5.52. The molecule has 4 heterocycles. The molecule has 0 bridgehead atoms. The molecule has 0 radical (unpaired) electrons. The number of aromatic hydroxyl groups is 1. The van der Waals surface area contributed by atoms with Gasteiger partial charge in [0.15, 0.2) is 11.5 Å². The van der Waals surface area contributed by atoms with Gasteiger partial charge in [-0.3, -0.25) is 4.79 Å². The number of halogens is 1. The van der Waals surface area contributed by atoms with E-state index in [2.05, 4.69) is 20.3 Å². The topological polar surface area (TPSA) is 131 Å². The first-order chi connectivity index (χ1) is 17.3. The van der Waals surface area contributed by atoms with Crippen LogP contribution in [0.15, 0.2) is 36.8 Å². The first kappa shape index (κ1) is 22.7. The minimum atomic E-state index is -1.16. The Morgan fingerprint density at radius 2 is 2.03 bits per heavy atom. The number of hydrogen-bond acceptors (Lipinski definition) is 7. The first-order valence-corrected chi connectivity index (χ1v) is 12.5. The molecule has 1 fully saturated rings. The molecule has 36 heavy (non-hydrogen) atoms. The molecule has 1 aliphatic carbocycles. The second kappa shape index (κ2) is 8.44. The molecule has 0 saturated heterocycles. The van der Waals surface area contributed by atoms with Gasteiger partial charge in [0.1, 0.15) is 28.5 Å². The van der Waals surface area contributed by atoms with Gasteiger partial charge in [0.2, 0.25) is 5.91 Å². The van der Waals surface area contributed by atoms with Crippen LogP contribution >= 0.6 is 11.6 Å². The highest BCUT2D eigenvalue weighted by atomic mass is 35.5. The summed E-state index contributed by atoms with van der Waals surface area (Å²) in [6.45, 7) is 1.74. The van der Waals surface area contributed by atoms with Crippen molar-refractivity contribution in [3.63, 3.8) is 0 Å². The summed E-state index contributed by atoms with van der Waals surface area (Å²) >= 11 is 6.14. The number of carbonyl (C=O) groups excluding carboxylic acids is 1. The quantitative estimate of drug-likeness (QED) is 0.373. The van der Waals surface area contributed by atoms with Crippen molar-refractivity contribution in [3.05, 3.63) is 58.6 Å². The van der Waals surface area contributed by atoms with Crippen molar-refractivity contribution in [1.82, 2.24) is 24.3 Å². The molecule has 1 aromatic carbocycles. The van der Waals surface area contributed by atoms with Gasteiger partial charge in [-0.15, -0.1) is 0 Å². The van der Waals surface area contributed by atoms with Crippen LogP contribution in [0.3, 0.4) is 0 Å². The largest absolute Gasteiger partial charge is 0.506 e. The summed E-state index contributed by atoms with van der Waals surface area (Å²) in [5.74, 6) is 1.09. The molecule has 10 heteroatoms. The normalized spacial score (nSPS) is 20.0. The minimum absolute atomic E-state index is 0.0628. The van der Waals surface area contributed by atoms with E-state index in [1.807, 2.05) is 16.8 Å². The molecule has 3 aromatic heterocycles. The minimum Gasteiger partial charge on any atom is -0.506 e. The van der Waals surface area contributed by atoms with Crippen molar-refractivity contribution < 1.29 is 9.90 Å². The Balaban J connectivity index is 1.43. The monoisotopic (exact) mass is 503 g/mol. The molecule has 1 saturated carbocycles. The number of benzene rings is 1. The molecule has 6 rings (SSSR count). The maximum Gasteiger partial charge on any atom is 0.240 e. The van der Waals surface area contributed by atoms with Gasteiger partial charge < -0.3 is 20.6 Å². The number of phenols is 1. The summed E-state index contributed by atoms with van der Waals surface area (Å²) in [5.41, 5.74) is 8.67. The summed E-state index contributed by atoms with van der Waals surface area (Å²) in [4.78, 5) is 31.9. The highest BCUT2D eigenvalue weighted by molar-refractivity contribution is 6.32. The van der Waals surface area contributed by atoms with Crippen LogP contribution in [-0.2, 0) is 16.6 Å². The average molecular weight is 504 g/mol. The van der Waals surface area contributed by atoms with E-state index in [0.717, 1.165) is 17.8 Å². The molecule has 184 valence electrons. The van der Waals surface area contributed by atoms with Crippen molar-refractivity contribution in [3.8, 4) is 17.3 Å². The first-order valence-electron chi connectivity index (χ1n) is 12.2. The molecule has 1 atom stereocenters. The Bertz CT molecular complexity index is 1510. The number of amides is 1. The Kier molecular flexibility index (Phi) is 5.33. The molecular weight excluding hydrogens is 478 g/mol. The van der Waals surface area contributed by atoms with Crippen LogP contribution in [0.25, 0.3) is 17.2 Å². The highest BCUT2D eigenvalue weighted by Gasteiger charge is 2.47. The molecular formula is C26H26ClN7O2. The molecule has 1 amide bonds. The smallest absolute Gasteiger partial charge is 0.240 e. The summed E-state index contributed by atoms with van der Waals surface area (Å²) in [6.07, 6.45) is 12.5. The van der Waals surface area contributed by atoms with E-state index >= 15 is 0 Å². The molecule has 0 unspecified atom stereocenters. The third kappa shape index (κ3) is 3.57. The SMILES string of the molecule is C[C@]1(c2ccc(O)c(Cl)c2)C(=O)Nc2nc(-c3cn4ccnc4c(CC4CCCCC4)n3)nc(N)c21. The van der Waals surface area contributed by atoms with Crippen molar-refractivity contribution in [2.45, 2.75) is 50.9 Å². The van der Waals surface area contributed by atoms with Gasteiger partial charge >= 0.3 is 0 Å². The average Bonchev–Trinajstić information content (AvgIpc) is 3.44. The molecule has 2 aliphatic rings. The van der Waals surface area contributed by atoms with Gasteiger partial charge in [-0.2, -0.15) is 0 Å². The number of phenolic OH excluding ortho intramolecular Hbond substituents is 1. The predicted octanol–water partition coefficient (Wildman–Crippen LogP) is 4.51. The van der Waals surface area contributed by atoms with E-state index in [9.17, 15) is 9.90 Å². The number of nitrogen functional groups attached to an aromatic ring is 1. The van der Waals surface area contributed by atoms with E-state index in [0.29, 0.717) is 34.4 Å². The number of hydrogen-bond donors (Lipinski definition) is 3. The van der Waals surface area contributed by atoms with E-state index in [1.54, 1.807) is 25.3 Å². The van der Waals surface area contributed by atoms with Crippen molar-refractivity contribution in [2.75, 3.05) is 11.1 Å². The van der Waals surface area contributed by atoms with E-state index in [4.69, 9.17) is 22.3 Å². The van der Waals surface area contributed by atoms with Crippen LogP contribution in [0.1, 0.15) is 55.8 Å². The van der Waals surface area contributed by atoms with Crippen molar-refractivity contribution in [2.24, 2.45) is 5.92 Å². The van der Waals surface area contributed by atoms with E-state index < -0.39 is 5.41 Å². The second-order valence-electron chi connectivity index (χ2n) is 9.84. The predicted molar refractivity (Wildman–Crippen MR) is 137 cm³/mol.